The van der Waals surface area contributed by atoms with E-state index >= 15 is 0 Å². The molecule has 0 N–H and O–H groups in total. The Morgan fingerprint density at radius 1 is 1.43 bits per heavy atom. The second-order valence-electron chi connectivity index (χ2n) is 2.68. The van der Waals surface area contributed by atoms with Crippen LogP contribution in [0, 0.1) is 0 Å². The van der Waals surface area contributed by atoms with Gasteiger partial charge in [-0.3, -0.25) is 4.21 Å². The molecule has 0 bridgehead atoms. The van der Waals surface area contributed by atoms with Crippen molar-refractivity contribution in [3.8, 4) is 0 Å². The first-order valence-corrected chi connectivity index (χ1v) is 7.09. The molecular formula is C8H6Br3O2S-. The van der Waals surface area contributed by atoms with Gasteiger partial charge in [0.15, 0.2) is 0 Å². The van der Waals surface area contributed by atoms with Crippen molar-refractivity contribution in [3.63, 3.8) is 0 Å². The Morgan fingerprint density at radius 3 is 2.57 bits per heavy atom. The van der Waals surface area contributed by atoms with Crippen molar-refractivity contribution in [2.45, 2.75) is 8.99 Å². The van der Waals surface area contributed by atoms with Crippen molar-refractivity contribution in [2.75, 3.05) is 0 Å². The van der Waals surface area contributed by atoms with Gasteiger partial charge in [-0.1, -0.05) is 59.9 Å². The Balaban J connectivity index is 2.83. The van der Waals surface area contributed by atoms with Crippen molar-refractivity contribution in [1.82, 2.24) is 0 Å². The highest BCUT2D eigenvalue weighted by atomic mass is 79.9. The van der Waals surface area contributed by atoms with Gasteiger partial charge in [0.2, 0.25) is 0 Å². The largest absolute Gasteiger partial charge is 0.771 e. The van der Waals surface area contributed by atoms with E-state index in [0.717, 1.165) is 10.0 Å². The Kier molecular flexibility index (Phi) is 4.77. The zero-order valence-corrected chi connectivity index (χ0v) is 12.4. The van der Waals surface area contributed by atoms with E-state index in [9.17, 15) is 8.76 Å². The third kappa shape index (κ3) is 3.73. The molecule has 0 spiro atoms. The standard InChI is InChI=1S/C8H7Br3O2S/c9-7-3-1-2-6(4-7)5-8(10,11)14(12)13/h1-4H,5H2,(H,12,13)/p-1. The molecule has 1 aromatic rings. The van der Waals surface area contributed by atoms with E-state index in [2.05, 4.69) is 47.8 Å². The second kappa shape index (κ2) is 5.21. The fraction of sp³-hybridized carbons (Fsp3) is 0.250. The summed E-state index contributed by atoms with van der Waals surface area (Å²) in [4.78, 5) is 0. The normalized spacial score (nSPS) is 14.0. The van der Waals surface area contributed by atoms with Gasteiger partial charge in [0.25, 0.3) is 0 Å². The van der Waals surface area contributed by atoms with Crippen LogP contribution in [0.4, 0.5) is 0 Å². The van der Waals surface area contributed by atoms with Crippen LogP contribution < -0.4 is 0 Å². The molecule has 0 saturated heterocycles. The van der Waals surface area contributed by atoms with Gasteiger partial charge < -0.3 is 4.55 Å². The Morgan fingerprint density at radius 2 is 2.07 bits per heavy atom. The highest BCUT2D eigenvalue weighted by Crippen LogP contribution is 2.33. The summed E-state index contributed by atoms with van der Waals surface area (Å²) in [5, 5.41) is 0. The molecule has 1 atom stereocenters. The maximum Gasteiger partial charge on any atom is 0.145 e. The van der Waals surface area contributed by atoms with Crippen molar-refractivity contribution >= 4 is 58.9 Å². The summed E-state index contributed by atoms with van der Waals surface area (Å²) in [7, 11) is 0. The lowest BCUT2D eigenvalue weighted by Gasteiger charge is -2.23. The summed E-state index contributed by atoms with van der Waals surface area (Å²) < 4.78 is 21.5. The molecule has 1 unspecified atom stereocenters. The van der Waals surface area contributed by atoms with Crippen molar-refractivity contribution in [3.05, 3.63) is 34.3 Å². The minimum absolute atomic E-state index is 0.364. The van der Waals surface area contributed by atoms with Gasteiger partial charge in [0.1, 0.15) is 2.57 Å². The highest BCUT2D eigenvalue weighted by molar-refractivity contribution is 9.27. The van der Waals surface area contributed by atoms with Gasteiger partial charge in [0, 0.05) is 10.9 Å². The van der Waals surface area contributed by atoms with Gasteiger partial charge >= 0.3 is 0 Å². The Bertz CT molecular complexity index is 354. The maximum absolute atomic E-state index is 10.8. The van der Waals surface area contributed by atoms with Crippen molar-refractivity contribution in [2.24, 2.45) is 0 Å². The summed E-state index contributed by atoms with van der Waals surface area (Å²) in [6.07, 6.45) is 0.364. The SMILES string of the molecule is O=S([O-])C(Br)(Br)Cc1cccc(Br)c1. The predicted octanol–water partition coefficient (Wildman–Crippen LogP) is 3.31. The van der Waals surface area contributed by atoms with Crippen LogP contribution in [0.25, 0.3) is 0 Å². The quantitative estimate of drug-likeness (QED) is 0.571. The smallest absolute Gasteiger partial charge is 0.145 e. The molecule has 0 aliphatic carbocycles. The molecule has 1 aromatic carbocycles. The molecule has 78 valence electrons. The molecule has 0 amide bonds. The topological polar surface area (TPSA) is 40.1 Å². The van der Waals surface area contributed by atoms with E-state index in [-0.39, 0.29) is 0 Å². The summed E-state index contributed by atoms with van der Waals surface area (Å²) in [5.41, 5.74) is 0.928. The van der Waals surface area contributed by atoms with Crippen LogP contribution in [0.15, 0.2) is 28.7 Å². The summed E-state index contributed by atoms with van der Waals surface area (Å²) in [5.74, 6) is 0. The molecule has 0 fully saturated rings. The van der Waals surface area contributed by atoms with E-state index in [1.165, 1.54) is 0 Å². The van der Waals surface area contributed by atoms with Crippen LogP contribution >= 0.6 is 47.8 Å². The molecule has 0 heterocycles. The van der Waals surface area contributed by atoms with Crippen LogP contribution in [0.3, 0.4) is 0 Å². The molecule has 1 rings (SSSR count). The summed E-state index contributed by atoms with van der Waals surface area (Å²) in [6.45, 7) is 0. The van der Waals surface area contributed by atoms with E-state index < -0.39 is 13.6 Å². The number of hydrogen-bond acceptors (Lipinski definition) is 2. The van der Waals surface area contributed by atoms with E-state index in [1.54, 1.807) is 0 Å². The van der Waals surface area contributed by atoms with Crippen LogP contribution in [0.1, 0.15) is 5.56 Å². The fourth-order valence-electron chi connectivity index (χ4n) is 0.943. The molecule has 0 saturated carbocycles. The number of hydrogen-bond donors (Lipinski definition) is 0. The van der Waals surface area contributed by atoms with E-state index in [4.69, 9.17) is 0 Å². The number of benzene rings is 1. The van der Waals surface area contributed by atoms with Gasteiger partial charge in [-0.05, 0) is 28.8 Å². The van der Waals surface area contributed by atoms with E-state index in [0.29, 0.717) is 6.42 Å². The van der Waals surface area contributed by atoms with Gasteiger partial charge in [-0.25, -0.2) is 0 Å². The third-order valence-corrected chi connectivity index (χ3v) is 4.81. The average Bonchev–Trinajstić information content (AvgIpc) is 2.02. The molecule has 14 heavy (non-hydrogen) atoms. The second-order valence-corrected chi connectivity index (χ2v) is 9.58. The van der Waals surface area contributed by atoms with Gasteiger partial charge in [-0.2, -0.15) is 0 Å². The fourth-order valence-corrected chi connectivity index (χ4v) is 2.32. The Hall–Kier alpha value is 0.770. The molecular weight excluding hydrogens is 400 g/mol. The summed E-state index contributed by atoms with van der Waals surface area (Å²) in [6, 6.07) is 7.50. The maximum atomic E-state index is 10.8. The lowest BCUT2D eigenvalue weighted by atomic mass is 10.2. The van der Waals surface area contributed by atoms with Gasteiger partial charge in [-0.15, -0.1) is 0 Å². The number of rotatable bonds is 3. The zero-order valence-electron chi connectivity index (χ0n) is 6.88. The lowest BCUT2D eigenvalue weighted by molar-refractivity contribution is 0.532. The zero-order chi connectivity index (χ0) is 10.8. The lowest BCUT2D eigenvalue weighted by Crippen LogP contribution is -2.21. The van der Waals surface area contributed by atoms with Crippen LogP contribution in [-0.2, 0) is 17.5 Å². The van der Waals surface area contributed by atoms with Crippen LogP contribution in [0.2, 0.25) is 0 Å². The first-order valence-electron chi connectivity index (χ1n) is 3.63. The molecule has 0 aromatic heterocycles. The third-order valence-electron chi connectivity index (χ3n) is 1.54. The minimum Gasteiger partial charge on any atom is -0.771 e. The first kappa shape index (κ1) is 12.8. The minimum atomic E-state index is -2.21. The highest BCUT2D eigenvalue weighted by Gasteiger charge is 2.24. The molecule has 6 heteroatoms. The number of halogens is 3. The summed E-state index contributed by atoms with van der Waals surface area (Å²) >= 11 is 7.30. The molecule has 2 nitrogen and oxygen atoms in total. The van der Waals surface area contributed by atoms with Gasteiger partial charge in [0.05, 0.1) is 0 Å². The van der Waals surface area contributed by atoms with Crippen molar-refractivity contribution in [1.29, 1.82) is 0 Å². The first-order chi connectivity index (χ1) is 6.42. The number of alkyl halides is 2. The van der Waals surface area contributed by atoms with Crippen molar-refractivity contribution < 1.29 is 8.76 Å². The van der Waals surface area contributed by atoms with E-state index in [1.807, 2.05) is 24.3 Å². The van der Waals surface area contributed by atoms with Crippen LogP contribution in [0.5, 0.6) is 0 Å². The molecule has 0 aliphatic rings. The molecule has 0 radical (unpaired) electrons. The Labute approximate surface area is 110 Å². The molecule has 0 aliphatic heterocycles. The average molecular weight is 406 g/mol. The monoisotopic (exact) mass is 403 g/mol. The van der Waals surface area contributed by atoms with Crippen LogP contribution in [-0.4, -0.2) is 11.3 Å². The predicted molar refractivity (Wildman–Crippen MR) is 67.4 cm³/mol.